The molecule has 0 heterocycles. The molecule has 0 saturated carbocycles. The van der Waals surface area contributed by atoms with E-state index < -0.39 is 10.8 Å². The van der Waals surface area contributed by atoms with Gasteiger partial charge in [0, 0.05) is 70.5 Å². The Morgan fingerprint density at radius 1 is 1.00 bits per heavy atom. The Kier molecular flexibility index (Phi) is 60.2. The molecule has 0 aromatic carbocycles. The fourth-order valence-corrected chi connectivity index (χ4v) is 0.983. The van der Waals surface area contributed by atoms with Crippen LogP contribution in [0.5, 0.6) is 0 Å². The van der Waals surface area contributed by atoms with Gasteiger partial charge in [-0.3, -0.25) is 10.5 Å². The van der Waals surface area contributed by atoms with Crippen molar-refractivity contribution in [2.75, 3.05) is 31.5 Å². The molecule has 0 aromatic heterocycles. The molecule has 12 heteroatoms. The van der Waals surface area contributed by atoms with Crippen molar-refractivity contribution in [2.24, 2.45) is 0 Å². The third-order valence-corrected chi connectivity index (χ3v) is 2.39. The van der Waals surface area contributed by atoms with E-state index in [2.05, 4.69) is 15.7 Å². The van der Waals surface area contributed by atoms with Crippen molar-refractivity contribution in [3.8, 4) is 0 Å². The number of hydrogen-bond acceptors (Lipinski definition) is 9. The van der Waals surface area contributed by atoms with E-state index in [-0.39, 0.29) is 96.9 Å². The van der Waals surface area contributed by atoms with Gasteiger partial charge >= 0.3 is 0 Å². The Labute approximate surface area is 180 Å². The molecule has 0 rings (SSSR count). The van der Waals surface area contributed by atoms with Gasteiger partial charge in [-0.15, -0.1) is 10.8 Å². The van der Waals surface area contributed by atoms with Crippen LogP contribution in [0.1, 0.15) is 0 Å². The topological polar surface area (TPSA) is 127 Å². The first kappa shape index (κ1) is 33.8. The van der Waals surface area contributed by atoms with Gasteiger partial charge in [0.2, 0.25) is 0 Å². The minimum absolute atomic E-state index is 0. The molecule has 120 valence electrons. The number of ether oxygens (including phenoxy) is 2. The van der Waals surface area contributed by atoms with E-state index >= 15 is 0 Å². The quantitative estimate of drug-likeness (QED) is 0.289. The van der Waals surface area contributed by atoms with Crippen LogP contribution in [-0.2, 0) is 100 Å². The van der Waals surface area contributed by atoms with Gasteiger partial charge in [0.15, 0.2) is 0 Å². The number of carbonyl (C=O) groups excluding carboxylic acids is 3. The molecule has 1 atom stereocenters. The standard InChI is InChI=1S/2C3H5O3.C3H4O2S2.2Y/c2*4-1-2-6-3-5;1-7(5)3-6-2-4;;/h2*4H,1-2H2;1,3H2;;/q2*-1;-2;;. The summed E-state index contributed by atoms with van der Waals surface area (Å²) >= 11 is 0.848. The van der Waals surface area contributed by atoms with Gasteiger partial charge in [-0.2, -0.15) is 0 Å². The summed E-state index contributed by atoms with van der Waals surface area (Å²) in [5.41, 5.74) is 1.53. The Bertz CT molecular complexity index is 222. The van der Waals surface area contributed by atoms with Crippen LogP contribution in [0, 0.1) is 6.26 Å². The summed E-state index contributed by atoms with van der Waals surface area (Å²) in [6.45, 7) is 2.15. The van der Waals surface area contributed by atoms with Crippen molar-refractivity contribution >= 4 is 41.1 Å². The van der Waals surface area contributed by atoms with E-state index in [9.17, 15) is 9.00 Å². The first-order valence-corrected chi connectivity index (χ1v) is 6.94. The minimum Gasteiger partial charge on any atom is -0.651 e. The maximum absolute atomic E-state index is 10.0. The van der Waals surface area contributed by atoms with Crippen LogP contribution >= 0.6 is 11.8 Å². The zero-order valence-electron chi connectivity index (χ0n) is 11.1. The molecule has 21 heavy (non-hydrogen) atoms. The Balaban J connectivity index is -0.0000000584. The fourth-order valence-electron chi connectivity index (χ4n) is 0.264. The van der Waals surface area contributed by atoms with Crippen molar-refractivity contribution in [1.82, 2.24) is 0 Å². The van der Waals surface area contributed by atoms with Crippen molar-refractivity contribution in [3.05, 3.63) is 6.26 Å². The second kappa shape index (κ2) is 37.5. The maximum atomic E-state index is 10.0. The molecule has 2 N–H and O–H groups in total. The van der Waals surface area contributed by atoms with E-state index in [0.29, 0.717) is 0 Å². The number of rotatable bonds is 9. The van der Waals surface area contributed by atoms with E-state index in [0.717, 1.165) is 24.7 Å². The molecule has 0 aromatic rings. The monoisotopic (exact) mass is 492 g/mol. The van der Waals surface area contributed by atoms with Crippen LogP contribution in [0.15, 0.2) is 0 Å². The van der Waals surface area contributed by atoms with Crippen LogP contribution in [-0.4, -0.2) is 64.5 Å². The summed E-state index contributed by atoms with van der Waals surface area (Å²) in [5, 5.41) is 16.0. The number of thioether (sulfide) groups is 1. The van der Waals surface area contributed by atoms with Crippen LogP contribution in [0.25, 0.3) is 0 Å². The number of aliphatic hydroxyl groups excluding tert-OH is 2. The molecule has 0 aliphatic carbocycles. The van der Waals surface area contributed by atoms with Gasteiger partial charge in [0.25, 0.3) is 0 Å². The smallest absolute Gasteiger partial charge is 0.0738 e. The average Bonchev–Trinajstić information content (AvgIpc) is 2.41. The van der Waals surface area contributed by atoms with Gasteiger partial charge in [-0.1, -0.05) is 12.9 Å². The van der Waals surface area contributed by atoms with Gasteiger partial charge in [-0.05, 0) is 0 Å². The molecule has 0 saturated heterocycles. The Hall–Kier alpha value is 1.24. The zero-order chi connectivity index (χ0) is 15.4. The number of aliphatic hydroxyl groups is 2. The van der Waals surface area contributed by atoms with E-state index in [1.165, 1.54) is 5.62 Å². The van der Waals surface area contributed by atoms with Crippen molar-refractivity contribution in [2.45, 2.75) is 0 Å². The van der Waals surface area contributed by atoms with Gasteiger partial charge < -0.3 is 45.8 Å². The van der Waals surface area contributed by atoms with Crippen molar-refractivity contribution in [3.63, 3.8) is 0 Å². The van der Waals surface area contributed by atoms with Gasteiger partial charge in [0.1, 0.15) is 0 Å². The first-order chi connectivity index (χ1) is 9.10. The molecule has 0 bridgehead atoms. The van der Waals surface area contributed by atoms with E-state index in [1.54, 1.807) is 0 Å². The second-order valence-electron chi connectivity index (χ2n) is 2.10. The summed E-state index contributed by atoms with van der Waals surface area (Å²) in [6.07, 6.45) is 3.15. The molecule has 0 fully saturated rings. The maximum Gasteiger partial charge on any atom is 0.0738 e. The predicted molar refractivity (Wildman–Crippen MR) is 69.1 cm³/mol. The van der Waals surface area contributed by atoms with Crippen LogP contribution in [0.4, 0.5) is 0 Å². The molecule has 2 radical (unpaired) electrons. The van der Waals surface area contributed by atoms with Crippen LogP contribution < -0.4 is 0 Å². The van der Waals surface area contributed by atoms with E-state index in [4.69, 9.17) is 19.8 Å². The Morgan fingerprint density at radius 2 is 1.38 bits per heavy atom. The molecular formula is C9H14O8S2Y2-4. The summed E-state index contributed by atoms with van der Waals surface area (Å²) in [4.78, 5) is 27.6. The van der Waals surface area contributed by atoms with Crippen molar-refractivity contribution < 1.29 is 104 Å². The predicted octanol–water partition coefficient (Wildman–Crippen LogP) is -1.60. The molecule has 0 aliphatic rings. The molecular weight excluding hydrogens is 478 g/mol. The van der Waals surface area contributed by atoms with Crippen LogP contribution in [0.3, 0.4) is 0 Å². The fraction of sp³-hybridized carbons (Fsp3) is 0.556. The SMILES string of the molecule is O=[C-]OCCO.O=[C-]OCCO.[CH2-]S(=O)CS[C-]=O.[Y].[Y]. The molecule has 8 nitrogen and oxygen atoms in total. The molecule has 0 spiro atoms. The molecule has 0 amide bonds. The summed E-state index contributed by atoms with van der Waals surface area (Å²) < 4.78 is 17.9. The van der Waals surface area contributed by atoms with E-state index in [1.807, 2.05) is 0 Å². The second-order valence-corrected chi connectivity index (χ2v) is 4.37. The van der Waals surface area contributed by atoms with Gasteiger partial charge in [-0.25, -0.2) is 5.62 Å². The van der Waals surface area contributed by atoms with Crippen molar-refractivity contribution in [1.29, 1.82) is 0 Å². The largest absolute Gasteiger partial charge is 0.651 e. The summed E-state index contributed by atoms with van der Waals surface area (Å²) in [6, 6.07) is 0. The third-order valence-electron chi connectivity index (χ3n) is 0.754. The first-order valence-electron chi connectivity index (χ1n) is 4.47. The molecule has 1 unspecified atom stereocenters. The zero-order valence-corrected chi connectivity index (χ0v) is 18.4. The average molecular weight is 492 g/mol. The van der Waals surface area contributed by atoms with Crippen LogP contribution in [0.2, 0.25) is 0 Å². The number of hydrogen-bond donors (Lipinski definition) is 2. The minimum atomic E-state index is -1.11. The third kappa shape index (κ3) is 62.2. The molecule has 0 aliphatic heterocycles. The van der Waals surface area contributed by atoms with Gasteiger partial charge in [0.05, 0.1) is 26.4 Å². The normalized spacial score (nSPS) is 8.71. The Morgan fingerprint density at radius 3 is 1.48 bits per heavy atom. The summed E-state index contributed by atoms with van der Waals surface area (Å²) in [7, 11) is -1.11. The summed E-state index contributed by atoms with van der Waals surface area (Å²) in [5.74, 6) is 0.